The number of nitrogens with two attached hydrogens (primary N) is 1. The van der Waals surface area contributed by atoms with Crippen LogP contribution in [0.2, 0.25) is 5.02 Å². The van der Waals surface area contributed by atoms with Crippen LogP contribution in [0.25, 0.3) is 0 Å². The summed E-state index contributed by atoms with van der Waals surface area (Å²) in [6.07, 6.45) is 0.406. The first-order valence-corrected chi connectivity index (χ1v) is 11.5. The van der Waals surface area contributed by atoms with Crippen molar-refractivity contribution < 1.29 is 9.84 Å². The van der Waals surface area contributed by atoms with E-state index in [0.29, 0.717) is 11.6 Å². The van der Waals surface area contributed by atoms with Gasteiger partial charge in [0.25, 0.3) is 0 Å². The van der Waals surface area contributed by atoms with E-state index in [1.807, 2.05) is 24.3 Å². The number of nitrogens with zero attached hydrogens (tertiary/aromatic N) is 2. The van der Waals surface area contributed by atoms with Crippen LogP contribution in [-0.4, -0.2) is 59.8 Å². The zero-order chi connectivity index (χ0) is 22.3. The van der Waals surface area contributed by atoms with Crippen LogP contribution in [-0.2, 0) is 6.42 Å². The molecule has 0 saturated carbocycles. The summed E-state index contributed by atoms with van der Waals surface area (Å²) in [5, 5.41) is 11.3. The minimum atomic E-state index is -0.492. The van der Waals surface area contributed by atoms with E-state index < -0.39 is 6.10 Å². The number of β-amino-alcohol motifs (C(OH)–C–C–N with tert-alkyl or cyclic N) is 1. The molecule has 2 unspecified atom stereocenters. The summed E-state index contributed by atoms with van der Waals surface area (Å²) >= 11 is 5.95. The fourth-order valence-corrected chi connectivity index (χ4v) is 5.07. The van der Waals surface area contributed by atoms with Crippen molar-refractivity contribution in [2.45, 2.75) is 45.8 Å². The molecule has 2 aromatic carbocycles. The van der Waals surface area contributed by atoms with Gasteiger partial charge in [0.1, 0.15) is 11.4 Å². The van der Waals surface area contributed by atoms with Gasteiger partial charge < -0.3 is 15.6 Å². The topological polar surface area (TPSA) is 62.0 Å². The van der Waals surface area contributed by atoms with Gasteiger partial charge in [-0.1, -0.05) is 23.7 Å². The molecule has 2 atom stereocenters. The number of hydrogen-bond acceptors (Lipinski definition) is 5. The SMILES string of the molecule is Cc1c(C)c2c(c(C)c1N)CC(C)(CN1CCN(CC(O)c3ccc(Cl)cc3)CC1)O2. The number of aliphatic hydroxyl groups excluding tert-OH is 1. The van der Waals surface area contributed by atoms with Crippen LogP contribution in [0.4, 0.5) is 5.69 Å². The van der Waals surface area contributed by atoms with Crippen molar-refractivity contribution in [3.05, 3.63) is 57.1 Å². The molecular formula is C25H34ClN3O2. The third-order valence-electron chi connectivity index (χ3n) is 7.05. The number of fused-ring (bicyclic) bond motifs is 1. The van der Waals surface area contributed by atoms with Crippen LogP contribution < -0.4 is 10.5 Å². The maximum absolute atomic E-state index is 10.6. The largest absolute Gasteiger partial charge is 0.485 e. The summed E-state index contributed by atoms with van der Waals surface area (Å²) in [6, 6.07) is 7.46. The van der Waals surface area contributed by atoms with Crippen LogP contribution in [0.3, 0.4) is 0 Å². The van der Waals surface area contributed by atoms with Crippen molar-refractivity contribution >= 4 is 17.3 Å². The van der Waals surface area contributed by atoms with Crippen molar-refractivity contribution in [2.75, 3.05) is 45.0 Å². The van der Waals surface area contributed by atoms with Crippen LogP contribution in [0.1, 0.15) is 40.8 Å². The highest BCUT2D eigenvalue weighted by Crippen LogP contribution is 2.43. The quantitative estimate of drug-likeness (QED) is 0.686. The van der Waals surface area contributed by atoms with Gasteiger partial charge in [-0.25, -0.2) is 0 Å². The molecule has 6 heteroatoms. The van der Waals surface area contributed by atoms with Crippen molar-refractivity contribution in [2.24, 2.45) is 0 Å². The molecule has 0 bridgehead atoms. The molecule has 2 heterocycles. The van der Waals surface area contributed by atoms with E-state index in [1.54, 1.807) is 0 Å². The second kappa shape index (κ2) is 8.62. The second-order valence-corrected chi connectivity index (χ2v) is 9.91. The smallest absolute Gasteiger partial charge is 0.127 e. The number of hydrogen-bond donors (Lipinski definition) is 2. The van der Waals surface area contributed by atoms with Gasteiger partial charge >= 0.3 is 0 Å². The molecule has 0 amide bonds. The first kappa shape index (κ1) is 22.4. The number of nitrogen functional groups attached to an aromatic ring is 1. The molecule has 1 saturated heterocycles. The number of benzene rings is 2. The molecule has 5 nitrogen and oxygen atoms in total. The second-order valence-electron chi connectivity index (χ2n) is 9.47. The van der Waals surface area contributed by atoms with Crippen molar-refractivity contribution in [3.8, 4) is 5.75 Å². The summed E-state index contributed by atoms with van der Waals surface area (Å²) in [4.78, 5) is 4.82. The van der Waals surface area contributed by atoms with Crippen LogP contribution >= 0.6 is 11.6 Å². The first-order chi connectivity index (χ1) is 14.7. The maximum atomic E-state index is 10.6. The highest BCUT2D eigenvalue weighted by Gasteiger charge is 2.39. The van der Waals surface area contributed by atoms with Gasteiger partial charge in [0.05, 0.1) is 6.10 Å². The molecule has 168 valence electrons. The van der Waals surface area contributed by atoms with E-state index in [4.69, 9.17) is 22.1 Å². The number of ether oxygens (including phenoxy) is 1. The Hall–Kier alpha value is -1.79. The van der Waals surface area contributed by atoms with Crippen molar-refractivity contribution in [3.63, 3.8) is 0 Å². The third-order valence-corrected chi connectivity index (χ3v) is 7.30. The number of halogens is 1. The Balaban J connectivity index is 1.33. The summed E-state index contributed by atoms with van der Waals surface area (Å²) in [5.41, 5.74) is 12.7. The Morgan fingerprint density at radius 2 is 1.65 bits per heavy atom. The lowest BCUT2D eigenvalue weighted by Gasteiger charge is -2.39. The molecular weight excluding hydrogens is 410 g/mol. The van der Waals surface area contributed by atoms with E-state index in [9.17, 15) is 5.11 Å². The fourth-order valence-electron chi connectivity index (χ4n) is 4.95. The number of rotatable bonds is 5. The van der Waals surface area contributed by atoms with Gasteiger partial charge in [-0.3, -0.25) is 9.80 Å². The van der Waals surface area contributed by atoms with Gasteiger partial charge in [-0.15, -0.1) is 0 Å². The molecule has 0 radical (unpaired) electrons. The summed E-state index contributed by atoms with van der Waals surface area (Å²) < 4.78 is 6.54. The van der Waals surface area contributed by atoms with Gasteiger partial charge in [0.15, 0.2) is 0 Å². The third kappa shape index (κ3) is 4.56. The standard InChI is InChI=1S/C25H34ClN3O2/c1-16-17(2)24-21(18(3)23(16)27)13-25(4,31-24)15-29-11-9-28(10-12-29)14-22(30)19-5-7-20(26)8-6-19/h5-8,22,30H,9-15,27H2,1-4H3. The predicted octanol–water partition coefficient (Wildman–Crippen LogP) is 3.89. The van der Waals surface area contributed by atoms with Gasteiger partial charge in [0, 0.05) is 62.0 Å². The van der Waals surface area contributed by atoms with E-state index in [2.05, 4.69) is 37.5 Å². The van der Waals surface area contributed by atoms with Crippen molar-refractivity contribution in [1.82, 2.24) is 9.80 Å². The van der Waals surface area contributed by atoms with E-state index >= 15 is 0 Å². The fraction of sp³-hybridized carbons (Fsp3) is 0.520. The zero-order valence-electron chi connectivity index (χ0n) is 19.0. The lowest BCUT2D eigenvalue weighted by molar-refractivity contribution is 0.0257. The Morgan fingerprint density at radius 1 is 1.03 bits per heavy atom. The number of anilines is 1. The van der Waals surface area contributed by atoms with Gasteiger partial charge in [-0.05, 0) is 62.1 Å². The molecule has 0 aliphatic carbocycles. The molecule has 2 aliphatic rings. The highest BCUT2D eigenvalue weighted by molar-refractivity contribution is 6.30. The predicted molar refractivity (Wildman–Crippen MR) is 127 cm³/mol. The monoisotopic (exact) mass is 443 g/mol. The summed E-state index contributed by atoms with van der Waals surface area (Å²) in [6.45, 7) is 13.9. The molecule has 4 rings (SSSR count). The highest BCUT2D eigenvalue weighted by atomic mass is 35.5. The lowest BCUT2D eigenvalue weighted by Crippen LogP contribution is -2.53. The summed E-state index contributed by atoms with van der Waals surface area (Å²) in [5.74, 6) is 1.04. The average Bonchev–Trinajstić information content (AvgIpc) is 3.10. The van der Waals surface area contributed by atoms with Gasteiger partial charge in [0.2, 0.25) is 0 Å². The van der Waals surface area contributed by atoms with Gasteiger partial charge in [-0.2, -0.15) is 0 Å². The Bertz CT molecular complexity index is 915. The van der Waals surface area contributed by atoms with Crippen LogP contribution in [0.5, 0.6) is 5.75 Å². The van der Waals surface area contributed by atoms with E-state index in [0.717, 1.165) is 61.7 Å². The molecule has 1 fully saturated rings. The van der Waals surface area contributed by atoms with E-state index in [1.165, 1.54) is 16.7 Å². The molecule has 2 aromatic rings. The van der Waals surface area contributed by atoms with Crippen molar-refractivity contribution in [1.29, 1.82) is 0 Å². The Morgan fingerprint density at radius 3 is 2.29 bits per heavy atom. The lowest BCUT2D eigenvalue weighted by atomic mass is 9.91. The zero-order valence-corrected chi connectivity index (χ0v) is 19.8. The van der Waals surface area contributed by atoms with Crippen LogP contribution in [0.15, 0.2) is 24.3 Å². The number of piperazine rings is 1. The Labute approximate surface area is 190 Å². The Kier molecular flexibility index (Phi) is 6.23. The molecule has 0 spiro atoms. The molecule has 0 aromatic heterocycles. The molecule has 3 N–H and O–H groups in total. The van der Waals surface area contributed by atoms with Crippen LogP contribution in [0, 0.1) is 20.8 Å². The summed E-state index contributed by atoms with van der Waals surface area (Å²) in [7, 11) is 0. The number of aliphatic hydroxyl groups is 1. The average molecular weight is 444 g/mol. The van der Waals surface area contributed by atoms with E-state index in [-0.39, 0.29) is 5.60 Å². The molecule has 2 aliphatic heterocycles. The normalized spacial score (nSPS) is 22.9. The minimum Gasteiger partial charge on any atom is -0.485 e. The minimum absolute atomic E-state index is 0.233. The molecule has 31 heavy (non-hydrogen) atoms. The first-order valence-electron chi connectivity index (χ1n) is 11.1. The maximum Gasteiger partial charge on any atom is 0.127 e.